The van der Waals surface area contributed by atoms with Crippen molar-refractivity contribution in [1.29, 1.82) is 0 Å². The number of alkyl halides is 1. The van der Waals surface area contributed by atoms with E-state index in [0.29, 0.717) is 0 Å². The lowest BCUT2D eigenvalue weighted by Crippen LogP contribution is -2.03. The summed E-state index contributed by atoms with van der Waals surface area (Å²) in [5.74, 6) is 0.216. The molecule has 3 heteroatoms. The molecule has 0 radical (unpaired) electrons. The molecule has 0 aliphatic carbocycles. The highest BCUT2D eigenvalue weighted by Crippen LogP contribution is 2.37. The number of nitrogens with zero attached hydrogens (tertiary/aromatic N) is 1. The molecule has 1 nitrogen and oxygen atoms in total. The van der Waals surface area contributed by atoms with Crippen LogP contribution in [0, 0.1) is 6.92 Å². The molecule has 2 rings (SSSR count). The Bertz CT molecular complexity index is 525. The van der Waals surface area contributed by atoms with E-state index in [0.717, 1.165) is 16.1 Å². The van der Waals surface area contributed by atoms with Gasteiger partial charge in [0.05, 0.1) is 5.38 Å². The summed E-state index contributed by atoms with van der Waals surface area (Å²) in [7, 11) is 0. The molecule has 0 bridgehead atoms. The fraction of sp³-hybridized carbons (Fsp3) is 0.267. The van der Waals surface area contributed by atoms with Gasteiger partial charge in [0.2, 0.25) is 0 Å². The molecule has 18 heavy (non-hydrogen) atoms. The molecule has 1 heterocycles. The van der Waals surface area contributed by atoms with Crippen LogP contribution in [0.25, 0.3) is 0 Å². The van der Waals surface area contributed by atoms with Crippen molar-refractivity contribution in [2.45, 2.75) is 25.1 Å². The molecule has 1 aromatic heterocycles. The molecule has 2 atom stereocenters. The minimum atomic E-state index is -0.0921. The predicted molar refractivity (Wildman–Crippen MR) is 77.4 cm³/mol. The molecule has 0 saturated carbocycles. The van der Waals surface area contributed by atoms with E-state index in [1.54, 1.807) is 12.4 Å². The first-order chi connectivity index (χ1) is 8.59. The van der Waals surface area contributed by atoms with Gasteiger partial charge in [0.25, 0.3) is 0 Å². The van der Waals surface area contributed by atoms with Crippen molar-refractivity contribution in [3.63, 3.8) is 0 Å². The van der Waals surface area contributed by atoms with Crippen LogP contribution < -0.4 is 0 Å². The third kappa shape index (κ3) is 2.85. The van der Waals surface area contributed by atoms with Crippen LogP contribution in [0.5, 0.6) is 0 Å². The Labute approximate surface area is 118 Å². The van der Waals surface area contributed by atoms with Gasteiger partial charge in [-0.2, -0.15) is 0 Å². The Balaban J connectivity index is 2.25. The van der Waals surface area contributed by atoms with Crippen molar-refractivity contribution in [2.75, 3.05) is 0 Å². The van der Waals surface area contributed by atoms with Crippen molar-refractivity contribution >= 4 is 23.2 Å². The first kappa shape index (κ1) is 13.4. The molecule has 2 aromatic rings. The highest BCUT2D eigenvalue weighted by Gasteiger charge is 2.18. The van der Waals surface area contributed by atoms with Gasteiger partial charge in [-0.3, -0.25) is 4.98 Å². The molecule has 0 aliphatic heterocycles. The van der Waals surface area contributed by atoms with Gasteiger partial charge < -0.3 is 0 Å². The van der Waals surface area contributed by atoms with Crippen molar-refractivity contribution < 1.29 is 0 Å². The van der Waals surface area contributed by atoms with Crippen LogP contribution in [0.4, 0.5) is 0 Å². The molecule has 94 valence electrons. The van der Waals surface area contributed by atoms with Gasteiger partial charge >= 0.3 is 0 Å². The van der Waals surface area contributed by atoms with Crippen molar-refractivity contribution in [1.82, 2.24) is 4.98 Å². The molecule has 0 N–H and O–H groups in total. The van der Waals surface area contributed by atoms with E-state index in [1.807, 2.05) is 37.3 Å². The summed E-state index contributed by atoms with van der Waals surface area (Å²) in [5.41, 5.74) is 3.30. The van der Waals surface area contributed by atoms with Gasteiger partial charge in [-0.1, -0.05) is 30.7 Å². The summed E-state index contributed by atoms with van der Waals surface area (Å²) in [5, 5.41) is 0.672. The van der Waals surface area contributed by atoms with Crippen LogP contribution in [0.1, 0.15) is 34.9 Å². The smallest absolute Gasteiger partial charge is 0.0651 e. The van der Waals surface area contributed by atoms with E-state index in [9.17, 15) is 0 Å². The molecule has 0 aliphatic rings. The SMILES string of the molecule is Cc1ccc(C(Cl)C(C)c2ccncc2)cc1Cl. The Morgan fingerprint density at radius 2 is 1.72 bits per heavy atom. The average molecular weight is 280 g/mol. The van der Waals surface area contributed by atoms with E-state index >= 15 is 0 Å². The lowest BCUT2D eigenvalue weighted by molar-refractivity contribution is 0.730. The third-order valence-electron chi connectivity index (χ3n) is 3.19. The summed E-state index contributed by atoms with van der Waals surface area (Å²) in [4.78, 5) is 4.02. The van der Waals surface area contributed by atoms with E-state index in [2.05, 4.69) is 11.9 Å². The number of aromatic nitrogens is 1. The first-order valence-electron chi connectivity index (χ1n) is 5.89. The van der Waals surface area contributed by atoms with Gasteiger partial charge in [-0.25, -0.2) is 0 Å². The minimum absolute atomic E-state index is 0.0921. The second-order valence-electron chi connectivity index (χ2n) is 4.48. The van der Waals surface area contributed by atoms with Crippen molar-refractivity contribution in [3.8, 4) is 0 Å². The van der Waals surface area contributed by atoms with E-state index < -0.39 is 0 Å². The summed E-state index contributed by atoms with van der Waals surface area (Å²) in [6, 6.07) is 9.99. The zero-order chi connectivity index (χ0) is 13.1. The monoisotopic (exact) mass is 279 g/mol. The number of rotatable bonds is 3. The summed E-state index contributed by atoms with van der Waals surface area (Å²) >= 11 is 12.7. The summed E-state index contributed by atoms with van der Waals surface area (Å²) in [6.07, 6.45) is 3.58. The largest absolute Gasteiger partial charge is 0.265 e. The topological polar surface area (TPSA) is 12.9 Å². The van der Waals surface area contributed by atoms with Gasteiger partial charge in [0.15, 0.2) is 0 Å². The third-order valence-corrected chi connectivity index (χ3v) is 4.22. The molecule has 0 saturated heterocycles. The Morgan fingerprint density at radius 3 is 2.33 bits per heavy atom. The molecule has 2 unspecified atom stereocenters. The van der Waals surface area contributed by atoms with Crippen LogP contribution in [-0.4, -0.2) is 4.98 Å². The molecule has 1 aromatic carbocycles. The Kier molecular flexibility index (Phi) is 4.26. The summed E-state index contributed by atoms with van der Waals surface area (Å²) in [6.45, 7) is 4.10. The number of halogens is 2. The second kappa shape index (κ2) is 5.73. The standard InChI is InChI=1S/C15H15Cl2N/c1-10-3-4-13(9-14(10)16)15(17)11(2)12-5-7-18-8-6-12/h3-9,11,15H,1-2H3. The van der Waals surface area contributed by atoms with Crippen LogP contribution in [0.15, 0.2) is 42.7 Å². The van der Waals surface area contributed by atoms with Gasteiger partial charge in [-0.15, -0.1) is 11.6 Å². The van der Waals surface area contributed by atoms with Crippen LogP contribution in [0.3, 0.4) is 0 Å². The number of pyridine rings is 1. The lowest BCUT2D eigenvalue weighted by atomic mass is 9.93. The number of hydrogen-bond acceptors (Lipinski definition) is 1. The molecule has 0 spiro atoms. The van der Waals surface area contributed by atoms with Crippen LogP contribution in [-0.2, 0) is 0 Å². The van der Waals surface area contributed by atoms with Gasteiger partial charge in [0, 0.05) is 23.3 Å². The fourth-order valence-electron chi connectivity index (χ4n) is 1.91. The molecular weight excluding hydrogens is 265 g/mol. The number of hydrogen-bond donors (Lipinski definition) is 0. The highest BCUT2D eigenvalue weighted by atomic mass is 35.5. The second-order valence-corrected chi connectivity index (χ2v) is 5.36. The maximum Gasteiger partial charge on any atom is 0.0651 e. The van der Waals surface area contributed by atoms with Crippen LogP contribution >= 0.6 is 23.2 Å². The van der Waals surface area contributed by atoms with Gasteiger partial charge in [0.1, 0.15) is 0 Å². The van der Waals surface area contributed by atoms with Crippen LogP contribution in [0.2, 0.25) is 5.02 Å². The molecule has 0 fully saturated rings. The maximum absolute atomic E-state index is 6.54. The minimum Gasteiger partial charge on any atom is -0.265 e. The van der Waals surface area contributed by atoms with E-state index in [4.69, 9.17) is 23.2 Å². The normalized spacial score (nSPS) is 14.2. The van der Waals surface area contributed by atoms with Gasteiger partial charge in [-0.05, 0) is 41.8 Å². The van der Waals surface area contributed by atoms with E-state index in [-0.39, 0.29) is 11.3 Å². The first-order valence-corrected chi connectivity index (χ1v) is 6.71. The zero-order valence-electron chi connectivity index (χ0n) is 10.4. The maximum atomic E-state index is 6.54. The van der Waals surface area contributed by atoms with Crippen molar-refractivity contribution in [2.24, 2.45) is 0 Å². The van der Waals surface area contributed by atoms with Crippen molar-refractivity contribution in [3.05, 3.63) is 64.4 Å². The average Bonchev–Trinajstić information content (AvgIpc) is 2.41. The predicted octanol–water partition coefficient (Wildman–Crippen LogP) is 5.13. The quantitative estimate of drug-likeness (QED) is 0.710. The Morgan fingerprint density at radius 1 is 1.06 bits per heavy atom. The number of aryl methyl sites for hydroxylation is 1. The Hall–Kier alpha value is -1.05. The van der Waals surface area contributed by atoms with E-state index in [1.165, 1.54) is 5.56 Å². The zero-order valence-corrected chi connectivity index (χ0v) is 11.9. The molecule has 0 amide bonds. The number of benzene rings is 1. The highest BCUT2D eigenvalue weighted by molar-refractivity contribution is 6.31. The lowest BCUT2D eigenvalue weighted by Gasteiger charge is -2.19. The summed E-state index contributed by atoms with van der Waals surface area (Å²) < 4.78 is 0. The molecular formula is C15H15Cl2N. The fourth-order valence-corrected chi connectivity index (χ4v) is 2.38.